The van der Waals surface area contributed by atoms with Crippen LogP contribution in [0.2, 0.25) is 0 Å². The summed E-state index contributed by atoms with van der Waals surface area (Å²) in [5.74, 6) is 2.12. The molecule has 1 unspecified atom stereocenters. The lowest BCUT2D eigenvalue weighted by molar-refractivity contribution is -0.134. The summed E-state index contributed by atoms with van der Waals surface area (Å²) >= 11 is 0. The summed E-state index contributed by atoms with van der Waals surface area (Å²) in [6.07, 6.45) is -0.185. The Morgan fingerprint density at radius 3 is 2.65 bits per heavy atom. The predicted octanol–water partition coefficient (Wildman–Crippen LogP) is 3.37. The van der Waals surface area contributed by atoms with E-state index in [4.69, 9.17) is 14.2 Å². The summed E-state index contributed by atoms with van der Waals surface area (Å²) < 4.78 is 17.3. The zero-order chi connectivity index (χ0) is 18.5. The number of hydrogen-bond donors (Lipinski definition) is 0. The average Bonchev–Trinajstić information content (AvgIpc) is 2.66. The summed E-state index contributed by atoms with van der Waals surface area (Å²) in [6, 6.07) is 13.4. The number of fused-ring (bicyclic) bond motifs is 1. The lowest BCUT2D eigenvalue weighted by atomic mass is 10.1. The van der Waals surface area contributed by atoms with Crippen molar-refractivity contribution in [3.8, 4) is 17.2 Å². The minimum atomic E-state index is -0.185. The van der Waals surface area contributed by atoms with Gasteiger partial charge in [-0.15, -0.1) is 0 Å². The third-order valence-electron chi connectivity index (χ3n) is 4.57. The van der Waals surface area contributed by atoms with Crippen LogP contribution in [0.4, 0.5) is 0 Å². The summed E-state index contributed by atoms with van der Waals surface area (Å²) in [4.78, 5) is 14.3. The number of para-hydroxylation sites is 2. The number of benzene rings is 2. The van der Waals surface area contributed by atoms with Gasteiger partial charge in [-0.25, -0.2) is 0 Å². The van der Waals surface area contributed by atoms with Crippen molar-refractivity contribution in [3.05, 3.63) is 53.6 Å². The smallest absolute Gasteiger partial charge is 0.260 e. The molecule has 1 aliphatic heterocycles. The average molecular weight is 355 g/mol. The maximum atomic E-state index is 12.5. The van der Waals surface area contributed by atoms with Gasteiger partial charge in [-0.05, 0) is 56.2 Å². The molecule has 0 fully saturated rings. The molecule has 0 aromatic heterocycles. The van der Waals surface area contributed by atoms with Crippen LogP contribution in [0.25, 0.3) is 0 Å². The minimum absolute atomic E-state index is 0.0144. The molecule has 0 aliphatic carbocycles. The van der Waals surface area contributed by atoms with E-state index in [0.717, 1.165) is 17.1 Å². The summed E-state index contributed by atoms with van der Waals surface area (Å²) in [5, 5.41) is 0. The van der Waals surface area contributed by atoms with E-state index in [2.05, 4.69) is 0 Å². The second-order valence-corrected chi connectivity index (χ2v) is 6.46. The van der Waals surface area contributed by atoms with Gasteiger partial charge >= 0.3 is 0 Å². The molecule has 1 atom stereocenters. The van der Waals surface area contributed by atoms with Crippen molar-refractivity contribution in [1.82, 2.24) is 4.90 Å². The van der Waals surface area contributed by atoms with Crippen molar-refractivity contribution in [1.29, 1.82) is 0 Å². The van der Waals surface area contributed by atoms with Crippen LogP contribution >= 0.6 is 0 Å². The Morgan fingerprint density at radius 2 is 1.92 bits per heavy atom. The first-order valence-electron chi connectivity index (χ1n) is 8.93. The van der Waals surface area contributed by atoms with Crippen LogP contribution in [0.3, 0.4) is 0 Å². The molecule has 0 saturated carbocycles. The molecule has 2 aromatic rings. The number of ether oxygens (including phenoxy) is 3. The van der Waals surface area contributed by atoms with Crippen molar-refractivity contribution in [3.63, 3.8) is 0 Å². The van der Waals surface area contributed by atoms with Crippen LogP contribution < -0.4 is 14.2 Å². The first-order valence-corrected chi connectivity index (χ1v) is 8.93. The molecule has 5 nitrogen and oxygen atoms in total. The molecular formula is C21H25NO4. The summed E-state index contributed by atoms with van der Waals surface area (Å²) in [6.45, 7) is 7.54. The van der Waals surface area contributed by atoms with Gasteiger partial charge in [0.05, 0.1) is 6.54 Å². The third-order valence-corrected chi connectivity index (χ3v) is 4.57. The quantitative estimate of drug-likeness (QED) is 0.797. The van der Waals surface area contributed by atoms with Gasteiger partial charge in [0.1, 0.15) is 12.4 Å². The van der Waals surface area contributed by atoms with Crippen molar-refractivity contribution in [2.75, 3.05) is 26.3 Å². The number of likely N-dealkylation sites (N-methyl/N-ethyl adjacent to an activating group) is 1. The van der Waals surface area contributed by atoms with Gasteiger partial charge < -0.3 is 19.1 Å². The molecule has 2 aromatic carbocycles. The van der Waals surface area contributed by atoms with Crippen LogP contribution in [0.15, 0.2) is 42.5 Å². The van der Waals surface area contributed by atoms with Crippen LogP contribution in [0.1, 0.15) is 18.1 Å². The molecule has 1 amide bonds. The zero-order valence-corrected chi connectivity index (χ0v) is 15.5. The Hall–Kier alpha value is -2.69. The van der Waals surface area contributed by atoms with Crippen LogP contribution in [-0.2, 0) is 4.79 Å². The first-order chi connectivity index (χ1) is 12.6. The second kappa shape index (κ2) is 8.13. The van der Waals surface area contributed by atoms with E-state index in [-0.39, 0.29) is 18.6 Å². The molecule has 26 heavy (non-hydrogen) atoms. The SMILES string of the molecule is CCN(CC1COc2ccccc2O1)C(=O)COc1ccc(C)c(C)c1. The normalized spacial score (nSPS) is 15.4. The van der Waals surface area contributed by atoms with Crippen LogP contribution in [0.5, 0.6) is 17.2 Å². The van der Waals surface area contributed by atoms with E-state index in [1.807, 2.05) is 63.2 Å². The van der Waals surface area contributed by atoms with Gasteiger partial charge in [-0.2, -0.15) is 0 Å². The highest BCUT2D eigenvalue weighted by Gasteiger charge is 2.24. The van der Waals surface area contributed by atoms with Gasteiger partial charge in [0, 0.05) is 6.54 Å². The number of carbonyl (C=O) groups excluding carboxylic acids is 1. The highest BCUT2D eigenvalue weighted by Crippen LogP contribution is 2.31. The standard InChI is InChI=1S/C21H25NO4/c1-4-22(12-18-13-25-19-7-5-6-8-20(19)26-18)21(23)14-24-17-10-9-15(2)16(3)11-17/h5-11,18H,4,12-14H2,1-3H3. The van der Waals surface area contributed by atoms with Crippen molar-refractivity contribution in [2.45, 2.75) is 26.9 Å². The predicted molar refractivity (Wildman–Crippen MR) is 100 cm³/mol. The van der Waals surface area contributed by atoms with E-state index in [1.165, 1.54) is 5.56 Å². The summed E-state index contributed by atoms with van der Waals surface area (Å²) in [5.41, 5.74) is 2.35. The molecule has 1 heterocycles. The highest BCUT2D eigenvalue weighted by atomic mass is 16.6. The second-order valence-electron chi connectivity index (χ2n) is 6.46. The lowest BCUT2D eigenvalue weighted by Crippen LogP contribution is -2.45. The van der Waals surface area contributed by atoms with Crippen LogP contribution in [0, 0.1) is 13.8 Å². The molecule has 138 valence electrons. The molecular weight excluding hydrogens is 330 g/mol. The van der Waals surface area contributed by atoms with Crippen molar-refractivity contribution >= 4 is 5.91 Å². The van der Waals surface area contributed by atoms with Crippen molar-refractivity contribution in [2.24, 2.45) is 0 Å². The number of rotatable bonds is 6. The Morgan fingerprint density at radius 1 is 1.15 bits per heavy atom. The van der Waals surface area contributed by atoms with E-state index < -0.39 is 0 Å². The van der Waals surface area contributed by atoms with E-state index in [0.29, 0.717) is 25.4 Å². The molecule has 0 bridgehead atoms. The fourth-order valence-corrected chi connectivity index (χ4v) is 2.85. The van der Waals surface area contributed by atoms with Crippen LogP contribution in [-0.4, -0.2) is 43.2 Å². The summed E-state index contributed by atoms with van der Waals surface area (Å²) in [7, 11) is 0. The Labute approximate surface area is 154 Å². The molecule has 3 rings (SSSR count). The van der Waals surface area contributed by atoms with Gasteiger partial charge in [0.2, 0.25) is 0 Å². The number of nitrogens with zero attached hydrogens (tertiary/aromatic N) is 1. The molecule has 0 N–H and O–H groups in total. The topological polar surface area (TPSA) is 48.0 Å². The van der Waals surface area contributed by atoms with E-state index in [9.17, 15) is 4.79 Å². The maximum Gasteiger partial charge on any atom is 0.260 e. The zero-order valence-electron chi connectivity index (χ0n) is 15.5. The number of amides is 1. The van der Waals surface area contributed by atoms with Gasteiger partial charge in [-0.1, -0.05) is 18.2 Å². The molecule has 0 radical (unpaired) electrons. The van der Waals surface area contributed by atoms with E-state index >= 15 is 0 Å². The molecule has 0 saturated heterocycles. The van der Waals surface area contributed by atoms with Gasteiger partial charge in [0.25, 0.3) is 5.91 Å². The number of aryl methyl sites for hydroxylation is 2. The molecule has 5 heteroatoms. The maximum absolute atomic E-state index is 12.5. The Balaban J connectivity index is 1.55. The fourth-order valence-electron chi connectivity index (χ4n) is 2.85. The lowest BCUT2D eigenvalue weighted by Gasteiger charge is -2.30. The number of hydrogen-bond acceptors (Lipinski definition) is 4. The largest absolute Gasteiger partial charge is 0.486 e. The Kier molecular flexibility index (Phi) is 5.66. The Bertz CT molecular complexity index is 774. The monoisotopic (exact) mass is 355 g/mol. The fraction of sp³-hybridized carbons (Fsp3) is 0.381. The molecule has 1 aliphatic rings. The third kappa shape index (κ3) is 4.28. The van der Waals surface area contributed by atoms with Gasteiger partial charge in [-0.3, -0.25) is 4.79 Å². The first kappa shape index (κ1) is 18.1. The minimum Gasteiger partial charge on any atom is -0.486 e. The van der Waals surface area contributed by atoms with Crippen molar-refractivity contribution < 1.29 is 19.0 Å². The molecule has 0 spiro atoms. The highest BCUT2D eigenvalue weighted by molar-refractivity contribution is 5.77. The van der Waals surface area contributed by atoms with E-state index in [1.54, 1.807) is 4.90 Å². The van der Waals surface area contributed by atoms with Gasteiger partial charge in [0.15, 0.2) is 24.2 Å². The number of carbonyl (C=O) groups is 1.